The molecule has 0 spiro atoms. The van der Waals surface area contributed by atoms with Crippen molar-refractivity contribution < 1.29 is 19.1 Å². The summed E-state index contributed by atoms with van der Waals surface area (Å²) in [6, 6.07) is 6.67. The minimum absolute atomic E-state index is 0.264. The Morgan fingerprint density at radius 3 is 1.63 bits per heavy atom. The van der Waals surface area contributed by atoms with E-state index in [9.17, 15) is 9.59 Å². The van der Waals surface area contributed by atoms with Gasteiger partial charge in [-0.25, -0.2) is 9.59 Å². The Bertz CT molecular complexity index is 609. The first-order valence-electron chi connectivity index (χ1n) is 11.7. The van der Waals surface area contributed by atoms with Crippen LogP contribution in [0.25, 0.3) is 0 Å². The molecule has 0 aliphatic rings. The van der Waals surface area contributed by atoms with Crippen LogP contribution in [0, 0.1) is 0 Å². The first-order chi connectivity index (χ1) is 14.7. The summed E-state index contributed by atoms with van der Waals surface area (Å²) in [6.45, 7) is 6.59. The first kappa shape index (κ1) is 25.9. The summed E-state index contributed by atoms with van der Waals surface area (Å²) in [5.41, 5.74) is 0.536. The minimum atomic E-state index is -0.485. The Morgan fingerprint density at radius 1 is 0.733 bits per heavy atom. The molecular weight excluding hydrogens is 376 g/mol. The maximum absolute atomic E-state index is 12.4. The third kappa shape index (κ3) is 11.8. The van der Waals surface area contributed by atoms with Gasteiger partial charge in [-0.1, -0.05) is 89.3 Å². The van der Waals surface area contributed by atoms with Gasteiger partial charge in [0.25, 0.3) is 0 Å². The molecule has 1 rings (SSSR count). The highest BCUT2D eigenvalue weighted by atomic mass is 16.5. The third-order valence-corrected chi connectivity index (χ3v) is 5.13. The summed E-state index contributed by atoms with van der Waals surface area (Å²) < 4.78 is 10.6. The van der Waals surface area contributed by atoms with E-state index in [0.717, 1.165) is 25.7 Å². The predicted octanol–water partition coefficient (Wildman–Crippen LogP) is 7.28. The molecule has 1 aromatic rings. The van der Waals surface area contributed by atoms with Crippen molar-refractivity contribution in [2.75, 3.05) is 13.2 Å². The molecule has 0 atom stereocenters. The van der Waals surface area contributed by atoms with E-state index in [0.29, 0.717) is 13.2 Å². The number of carbonyl (C=O) groups excluding carboxylic acids is 2. The van der Waals surface area contributed by atoms with Crippen LogP contribution in [-0.2, 0) is 9.47 Å². The Balaban J connectivity index is 2.20. The largest absolute Gasteiger partial charge is 0.462 e. The zero-order chi connectivity index (χ0) is 21.9. The maximum Gasteiger partial charge on any atom is 0.339 e. The Morgan fingerprint density at radius 2 is 1.17 bits per heavy atom. The van der Waals surface area contributed by atoms with Crippen molar-refractivity contribution in [1.29, 1.82) is 0 Å². The van der Waals surface area contributed by atoms with Crippen LogP contribution in [0.3, 0.4) is 0 Å². The fraction of sp³-hybridized carbons (Fsp3) is 0.615. The van der Waals surface area contributed by atoms with Crippen LogP contribution in [0.4, 0.5) is 0 Å². The van der Waals surface area contributed by atoms with Crippen LogP contribution >= 0.6 is 0 Å². The summed E-state index contributed by atoms with van der Waals surface area (Å²) in [5.74, 6) is -0.943. The van der Waals surface area contributed by atoms with E-state index < -0.39 is 11.9 Å². The van der Waals surface area contributed by atoms with Crippen LogP contribution in [0.15, 0.2) is 36.9 Å². The maximum atomic E-state index is 12.4. The SMILES string of the molecule is C=CCCCOC(=O)c1ccccc1C(=O)OCCCCCCCCCCCCC. The number of carbonyl (C=O) groups is 2. The highest BCUT2D eigenvalue weighted by Gasteiger charge is 2.18. The smallest absolute Gasteiger partial charge is 0.339 e. The lowest BCUT2D eigenvalue weighted by molar-refractivity contribution is 0.0452. The van der Waals surface area contributed by atoms with E-state index in [1.807, 2.05) is 0 Å². The molecule has 0 saturated carbocycles. The van der Waals surface area contributed by atoms with E-state index in [1.54, 1.807) is 30.3 Å². The minimum Gasteiger partial charge on any atom is -0.462 e. The second-order valence-corrected chi connectivity index (χ2v) is 7.78. The number of hydrogen-bond donors (Lipinski definition) is 0. The number of allylic oxidation sites excluding steroid dienone is 1. The fourth-order valence-corrected chi connectivity index (χ4v) is 3.32. The van der Waals surface area contributed by atoms with Gasteiger partial charge in [-0.2, -0.15) is 0 Å². The number of benzene rings is 1. The number of ether oxygens (including phenoxy) is 2. The van der Waals surface area contributed by atoms with Gasteiger partial charge >= 0.3 is 11.9 Å². The van der Waals surface area contributed by atoms with Crippen molar-refractivity contribution in [2.45, 2.75) is 90.4 Å². The predicted molar refractivity (Wildman–Crippen MR) is 123 cm³/mol. The second-order valence-electron chi connectivity index (χ2n) is 7.78. The van der Waals surface area contributed by atoms with E-state index in [-0.39, 0.29) is 11.1 Å². The molecule has 0 aliphatic carbocycles. The molecule has 30 heavy (non-hydrogen) atoms. The van der Waals surface area contributed by atoms with Gasteiger partial charge in [0.2, 0.25) is 0 Å². The Labute approximate surface area is 183 Å². The summed E-state index contributed by atoms with van der Waals surface area (Å²) >= 11 is 0. The Hall–Kier alpha value is -2.10. The molecule has 0 fully saturated rings. The van der Waals surface area contributed by atoms with Crippen molar-refractivity contribution in [2.24, 2.45) is 0 Å². The zero-order valence-corrected chi connectivity index (χ0v) is 18.8. The second kappa shape index (κ2) is 17.7. The topological polar surface area (TPSA) is 52.6 Å². The van der Waals surface area contributed by atoms with Gasteiger partial charge in [0, 0.05) is 0 Å². The summed E-state index contributed by atoms with van der Waals surface area (Å²) in [4.78, 5) is 24.6. The molecule has 4 nitrogen and oxygen atoms in total. The van der Waals surface area contributed by atoms with Gasteiger partial charge in [-0.15, -0.1) is 6.58 Å². The molecule has 0 N–H and O–H groups in total. The Kier molecular flexibility index (Phi) is 15.3. The molecule has 0 unspecified atom stereocenters. The molecule has 4 heteroatoms. The van der Waals surface area contributed by atoms with Crippen molar-refractivity contribution >= 4 is 11.9 Å². The van der Waals surface area contributed by atoms with Crippen LogP contribution in [0.2, 0.25) is 0 Å². The van der Waals surface area contributed by atoms with E-state index in [2.05, 4.69) is 13.5 Å². The zero-order valence-electron chi connectivity index (χ0n) is 18.8. The van der Waals surface area contributed by atoms with Crippen LogP contribution in [0.5, 0.6) is 0 Å². The highest BCUT2D eigenvalue weighted by molar-refractivity contribution is 6.03. The number of unbranched alkanes of at least 4 members (excludes halogenated alkanes) is 11. The molecule has 0 bridgehead atoms. The molecule has 1 aromatic carbocycles. The lowest BCUT2D eigenvalue weighted by Gasteiger charge is -2.10. The van der Waals surface area contributed by atoms with Gasteiger partial charge in [-0.3, -0.25) is 0 Å². The number of hydrogen-bond acceptors (Lipinski definition) is 4. The molecule has 0 amide bonds. The fourth-order valence-electron chi connectivity index (χ4n) is 3.32. The summed E-state index contributed by atoms with van der Waals surface area (Å²) in [7, 11) is 0. The standard InChI is InChI=1S/C26H40O4/c1-3-5-7-8-9-10-11-12-13-14-18-22-30-26(28)24-20-16-15-19-23(24)25(27)29-21-17-6-4-2/h4,15-16,19-20H,2-3,5-14,17-18,21-22H2,1H3. The van der Waals surface area contributed by atoms with E-state index in [4.69, 9.17) is 9.47 Å². The van der Waals surface area contributed by atoms with Gasteiger partial charge in [0.05, 0.1) is 24.3 Å². The van der Waals surface area contributed by atoms with Crippen LogP contribution in [-0.4, -0.2) is 25.2 Å². The van der Waals surface area contributed by atoms with Crippen LogP contribution in [0.1, 0.15) is 111 Å². The molecular formula is C26H40O4. The molecule has 0 heterocycles. The van der Waals surface area contributed by atoms with E-state index in [1.165, 1.54) is 57.8 Å². The first-order valence-corrected chi connectivity index (χ1v) is 11.7. The van der Waals surface area contributed by atoms with Gasteiger partial charge < -0.3 is 9.47 Å². The highest BCUT2D eigenvalue weighted by Crippen LogP contribution is 2.14. The molecule has 168 valence electrons. The van der Waals surface area contributed by atoms with Crippen molar-refractivity contribution in [1.82, 2.24) is 0 Å². The normalized spacial score (nSPS) is 10.6. The quantitative estimate of drug-likeness (QED) is 0.143. The number of rotatable bonds is 18. The molecule has 0 aromatic heterocycles. The van der Waals surface area contributed by atoms with E-state index >= 15 is 0 Å². The molecule has 0 radical (unpaired) electrons. The molecule has 0 saturated heterocycles. The summed E-state index contributed by atoms with van der Waals surface area (Å²) in [6.07, 6.45) is 17.0. The average molecular weight is 417 g/mol. The number of esters is 2. The van der Waals surface area contributed by atoms with Gasteiger partial charge in [0.1, 0.15) is 0 Å². The van der Waals surface area contributed by atoms with Crippen molar-refractivity contribution in [3.05, 3.63) is 48.0 Å². The average Bonchev–Trinajstić information content (AvgIpc) is 2.77. The third-order valence-electron chi connectivity index (χ3n) is 5.13. The van der Waals surface area contributed by atoms with Gasteiger partial charge in [0.15, 0.2) is 0 Å². The lowest BCUT2D eigenvalue weighted by Crippen LogP contribution is -2.15. The lowest BCUT2D eigenvalue weighted by atomic mass is 10.1. The monoisotopic (exact) mass is 416 g/mol. The van der Waals surface area contributed by atoms with Gasteiger partial charge in [-0.05, 0) is 31.4 Å². The van der Waals surface area contributed by atoms with Crippen LogP contribution < -0.4 is 0 Å². The van der Waals surface area contributed by atoms with Crippen molar-refractivity contribution in [3.8, 4) is 0 Å². The molecule has 0 aliphatic heterocycles. The van der Waals surface area contributed by atoms with Crippen molar-refractivity contribution in [3.63, 3.8) is 0 Å². The summed E-state index contributed by atoms with van der Waals surface area (Å²) in [5, 5.41) is 0.